The Hall–Kier alpha value is -2.99. The van der Waals surface area contributed by atoms with E-state index in [0.717, 1.165) is 17.4 Å². The smallest absolute Gasteiger partial charge is 0.262 e. The first-order valence-electron chi connectivity index (χ1n) is 7.96. The quantitative estimate of drug-likeness (QED) is 0.693. The minimum absolute atomic E-state index is 0.0980. The third-order valence-corrected chi connectivity index (χ3v) is 3.80. The molecule has 1 heterocycles. The van der Waals surface area contributed by atoms with Crippen LogP contribution < -0.4 is 10.1 Å². The minimum Gasteiger partial charge on any atom is -0.508 e. The first kappa shape index (κ1) is 16.9. The van der Waals surface area contributed by atoms with Crippen LogP contribution in [-0.2, 0) is 16.1 Å². The topological polar surface area (TPSA) is 72.7 Å². The van der Waals surface area contributed by atoms with Crippen LogP contribution in [0.2, 0.25) is 0 Å². The van der Waals surface area contributed by atoms with Gasteiger partial charge in [-0.2, -0.15) is 0 Å². The standard InChI is InChI=1S/C19H20N2O4/c1-24-11-10-21-9-8-16-17(21)6-3-7-18(16)25-13-19(23)20-14-4-2-5-15(22)12-14/h2-9,12,22H,10-11,13H2,1H3,(H,20,23). The van der Waals surface area contributed by atoms with Crippen LogP contribution in [0.25, 0.3) is 10.9 Å². The molecule has 1 amide bonds. The summed E-state index contributed by atoms with van der Waals surface area (Å²) in [5, 5.41) is 13.1. The van der Waals surface area contributed by atoms with Crippen LogP contribution in [0.15, 0.2) is 54.7 Å². The molecular formula is C19H20N2O4. The van der Waals surface area contributed by atoms with Crippen molar-refractivity contribution in [1.29, 1.82) is 0 Å². The van der Waals surface area contributed by atoms with Crippen molar-refractivity contribution in [3.8, 4) is 11.5 Å². The van der Waals surface area contributed by atoms with Gasteiger partial charge in [0.05, 0.1) is 12.1 Å². The molecular weight excluding hydrogens is 320 g/mol. The lowest BCUT2D eigenvalue weighted by atomic mass is 10.2. The third kappa shape index (κ3) is 4.10. The predicted octanol–water partition coefficient (Wildman–Crippen LogP) is 3.01. The molecule has 2 N–H and O–H groups in total. The highest BCUT2D eigenvalue weighted by atomic mass is 16.5. The molecule has 25 heavy (non-hydrogen) atoms. The van der Waals surface area contributed by atoms with Gasteiger partial charge < -0.3 is 24.5 Å². The van der Waals surface area contributed by atoms with Gasteiger partial charge in [0.1, 0.15) is 11.5 Å². The van der Waals surface area contributed by atoms with Gasteiger partial charge in [-0.3, -0.25) is 4.79 Å². The molecule has 6 nitrogen and oxygen atoms in total. The Morgan fingerprint density at radius 1 is 1.20 bits per heavy atom. The Morgan fingerprint density at radius 2 is 2.04 bits per heavy atom. The highest BCUT2D eigenvalue weighted by Crippen LogP contribution is 2.26. The van der Waals surface area contributed by atoms with E-state index in [1.807, 2.05) is 30.5 Å². The molecule has 0 bridgehead atoms. The van der Waals surface area contributed by atoms with Gasteiger partial charge >= 0.3 is 0 Å². The summed E-state index contributed by atoms with van der Waals surface area (Å²) in [6, 6.07) is 14.1. The Bertz CT molecular complexity index is 873. The predicted molar refractivity (Wildman–Crippen MR) is 96.0 cm³/mol. The molecule has 0 atom stereocenters. The number of hydrogen-bond acceptors (Lipinski definition) is 4. The number of anilines is 1. The molecule has 0 saturated heterocycles. The van der Waals surface area contributed by atoms with Crippen LogP contribution in [0.4, 0.5) is 5.69 Å². The molecule has 0 aliphatic heterocycles. The zero-order valence-corrected chi connectivity index (χ0v) is 13.9. The van der Waals surface area contributed by atoms with Gasteiger partial charge in [-0.05, 0) is 30.3 Å². The lowest BCUT2D eigenvalue weighted by molar-refractivity contribution is -0.118. The zero-order valence-electron chi connectivity index (χ0n) is 13.9. The fourth-order valence-corrected chi connectivity index (χ4v) is 2.63. The fraction of sp³-hybridized carbons (Fsp3) is 0.211. The van der Waals surface area contributed by atoms with Gasteiger partial charge in [0.2, 0.25) is 0 Å². The van der Waals surface area contributed by atoms with E-state index in [9.17, 15) is 9.90 Å². The Balaban J connectivity index is 1.66. The molecule has 0 aliphatic carbocycles. The summed E-state index contributed by atoms with van der Waals surface area (Å²) in [7, 11) is 1.67. The molecule has 0 radical (unpaired) electrons. The van der Waals surface area contributed by atoms with Gasteiger partial charge in [-0.15, -0.1) is 0 Å². The lowest BCUT2D eigenvalue weighted by Gasteiger charge is -2.10. The van der Waals surface area contributed by atoms with Crippen molar-refractivity contribution < 1.29 is 19.4 Å². The van der Waals surface area contributed by atoms with Crippen molar-refractivity contribution in [1.82, 2.24) is 4.57 Å². The maximum absolute atomic E-state index is 12.0. The second kappa shape index (κ2) is 7.72. The second-order valence-electron chi connectivity index (χ2n) is 5.58. The lowest BCUT2D eigenvalue weighted by Crippen LogP contribution is -2.20. The van der Waals surface area contributed by atoms with E-state index in [2.05, 4.69) is 9.88 Å². The normalized spacial score (nSPS) is 10.8. The number of nitrogens with one attached hydrogen (secondary N) is 1. The van der Waals surface area contributed by atoms with Gasteiger partial charge in [-0.1, -0.05) is 12.1 Å². The number of carbonyl (C=O) groups excluding carboxylic acids is 1. The summed E-state index contributed by atoms with van der Waals surface area (Å²) in [5.41, 5.74) is 1.56. The third-order valence-electron chi connectivity index (χ3n) is 3.80. The summed E-state index contributed by atoms with van der Waals surface area (Å²) in [5.74, 6) is 0.460. The summed E-state index contributed by atoms with van der Waals surface area (Å²) >= 11 is 0. The van der Waals surface area contributed by atoms with E-state index in [0.29, 0.717) is 18.0 Å². The number of aromatic hydroxyl groups is 1. The van der Waals surface area contributed by atoms with E-state index in [1.165, 1.54) is 6.07 Å². The van der Waals surface area contributed by atoms with Gasteiger partial charge in [-0.25, -0.2) is 0 Å². The van der Waals surface area contributed by atoms with Crippen molar-refractivity contribution in [2.45, 2.75) is 6.54 Å². The summed E-state index contributed by atoms with van der Waals surface area (Å²) < 4.78 is 12.9. The van der Waals surface area contributed by atoms with Gasteiger partial charge in [0, 0.05) is 37.0 Å². The van der Waals surface area contributed by atoms with Crippen molar-refractivity contribution >= 4 is 22.5 Å². The van der Waals surface area contributed by atoms with Crippen LogP contribution in [0, 0.1) is 0 Å². The Labute approximate surface area is 145 Å². The summed E-state index contributed by atoms with van der Waals surface area (Å²) in [4.78, 5) is 12.0. The number of phenols is 1. The molecule has 1 aromatic heterocycles. The molecule has 2 aromatic carbocycles. The second-order valence-corrected chi connectivity index (χ2v) is 5.58. The number of fused-ring (bicyclic) bond motifs is 1. The number of carbonyl (C=O) groups is 1. The van der Waals surface area contributed by atoms with Crippen LogP contribution in [-0.4, -0.2) is 35.9 Å². The maximum Gasteiger partial charge on any atom is 0.262 e. The average molecular weight is 340 g/mol. The largest absolute Gasteiger partial charge is 0.508 e. The zero-order chi connectivity index (χ0) is 17.6. The van der Waals surface area contributed by atoms with Crippen LogP contribution in [0.5, 0.6) is 11.5 Å². The average Bonchev–Trinajstić information content (AvgIpc) is 3.02. The van der Waals surface area contributed by atoms with Crippen LogP contribution >= 0.6 is 0 Å². The minimum atomic E-state index is -0.290. The van der Waals surface area contributed by atoms with E-state index >= 15 is 0 Å². The number of phenolic OH excluding ortho intramolecular Hbond substituents is 1. The monoisotopic (exact) mass is 340 g/mol. The number of aromatic nitrogens is 1. The Kier molecular flexibility index (Phi) is 5.20. The first-order chi connectivity index (χ1) is 12.2. The van der Waals surface area contributed by atoms with Crippen molar-refractivity contribution in [3.05, 3.63) is 54.7 Å². The Morgan fingerprint density at radius 3 is 2.84 bits per heavy atom. The van der Waals surface area contributed by atoms with Gasteiger partial charge in [0.15, 0.2) is 6.61 Å². The number of ether oxygens (including phenoxy) is 2. The molecule has 0 unspecified atom stereocenters. The van der Waals surface area contributed by atoms with Crippen LogP contribution in [0.1, 0.15) is 0 Å². The molecule has 3 rings (SSSR count). The van der Waals surface area contributed by atoms with E-state index < -0.39 is 0 Å². The van der Waals surface area contributed by atoms with E-state index in [-0.39, 0.29) is 18.3 Å². The molecule has 0 spiro atoms. The van der Waals surface area contributed by atoms with Crippen molar-refractivity contribution in [2.24, 2.45) is 0 Å². The SMILES string of the molecule is COCCn1ccc2c(OCC(=O)Nc3cccc(O)c3)cccc21. The van der Waals surface area contributed by atoms with E-state index in [4.69, 9.17) is 9.47 Å². The number of benzene rings is 2. The summed E-state index contributed by atoms with van der Waals surface area (Å²) in [6.45, 7) is 1.26. The van der Waals surface area contributed by atoms with Crippen molar-refractivity contribution in [2.75, 3.05) is 25.6 Å². The molecule has 6 heteroatoms. The molecule has 0 saturated carbocycles. The maximum atomic E-state index is 12.0. The number of nitrogens with zero attached hydrogens (tertiary/aromatic N) is 1. The number of amides is 1. The van der Waals surface area contributed by atoms with Gasteiger partial charge in [0.25, 0.3) is 5.91 Å². The highest BCUT2D eigenvalue weighted by Gasteiger charge is 2.09. The fourth-order valence-electron chi connectivity index (χ4n) is 2.63. The number of hydrogen-bond donors (Lipinski definition) is 2. The number of rotatable bonds is 7. The van der Waals surface area contributed by atoms with Crippen LogP contribution in [0.3, 0.4) is 0 Å². The number of methoxy groups -OCH3 is 1. The molecule has 3 aromatic rings. The van der Waals surface area contributed by atoms with Crippen molar-refractivity contribution in [3.63, 3.8) is 0 Å². The van der Waals surface area contributed by atoms with E-state index in [1.54, 1.807) is 25.3 Å². The molecule has 0 aliphatic rings. The highest BCUT2D eigenvalue weighted by molar-refractivity contribution is 5.92. The molecule has 130 valence electrons. The first-order valence-corrected chi connectivity index (χ1v) is 7.96. The molecule has 0 fully saturated rings. The summed E-state index contributed by atoms with van der Waals surface area (Å²) in [6.07, 6.45) is 1.98.